The minimum Gasteiger partial charge on any atom is -0.489 e. The van der Waals surface area contributed by atoms with Crippen LogP contribution in [0.25, 0.3) is 0 Å². The SMILES string of the molecule is CC(N)c1ccccc1OC1CCN(C)C1. The van der Waals surface area contributed by atoms with Gasteiger partial charge in [-0.2, -0.15) is 0 Å². The van der Waals surface area contributed by atoms with E-state index >= 15 is 0 Å². The predicted molar refractivity (Wildman–Crippen MR) is 65.6 cm³/mol. The molecule has 0 amide bonds. The van der Waals surface area contributed by atoms with Crippen molar-refractivity contribution in [3.63, 3.8) is 0 Å². The van der Waals surface area contributed by atoms with Gasteiger partial charge in [0.05, 0.1) is 0 Å². The maximum atomic E-state index is 6.02. The fourth-order valence-electron chi connectivity index (χ4n) is 2.13. The van der Waals surface area contributed by atoms with Crippen molar-refractivity contribution >= 4 is 0 Å². The Morgan fingerprint density at radius 1 is 1.44 bits per heavy atom. The first kappa shape index (κ1) is 11.4. The molecule has 0 saturated carbocycles. The smallest absolute Gasteiger partial charge is 0.124 e. The van der Waals surface area contributed by atoms with Crippen LogP contribution in [0, 0.1) is 0 Å². The van der Waals surface area contributed by atoms with Gasteiger partial charge in [0.15, 0.2) is 0 Å². The van der Waals surface area contributed by atoms with E-state index in [-0.39, 0.29) is 6.04 Å². The Balaban J connectivity index is 2.09. The predicted octanol–water partition coefficient (Wildman–Crippen LogP) is 1.79. The van der Waals surface area contributed by atoms with E-state index < -0.39 is 0 Å². The maximum absolute atomic E-state index is 6.02. The molecule has 3 nitrogen and oxygen atoms in total. The summed E-state index contributed by atoms with van der Waals surface area (Å²) < 4.78 is 6.02. The molecular weight excluding hydrogens is 200 g/mol. The van der Waals surface area contributed by atoms with Crippen LogP contribution in [0.2, 0.25) is 0 Å². The van der Waals surface area contributed by atoms with Crippen LogP contribution in [-0.2, 0) is 0 Å². The molecule has 0 aromatic heterocycles. The lowest BCUT2D eigenvalue weighted by atomic mass is 10.1. The number of hydrogen-bond acceptors (Lipinski definition) is 3. The Morgan fingerprint density at radius 2 is 2.19 bits per heavy atom. The van der Waals surface area contributed by atoms with Crippen LogP contribution in [0.3, 0.4) is 0 Å². The highest BCUT2D eigenvalue weighted by Crippen LogP contribution is 2.25. The lowest BCUT2D eigenvalue weighted by Gasteiger charge is -2.18. The largest absolute Gasteiger partial charge is 0.489 e. The lowest BCUT2D eigenvalue weighted by molar-refractivity contribution is 0.205. The molecule has 1 saturated heterocycles. The lowest BCUT2D eigenvalue weighted by Crippen LogP contribution is -2.22. The Morgan fingerprint density at radius 3 is 2.81 bits per heavy atom. The number of likely N-dealkylation sites (tertiary alicyclic amines) is 1. The summed E-state index contributed by atoms with van der Waals surface area (Å²) in [4.78, 5) is 2.29. The second kappa shape index (κ2) is 4.85. The molecule has 0 radical (unpaired) electrons. The number of ether oxygens (including phenoxy) is 1. The standard InChI is InChI=1S/C13H20N2O/c1-10(14)12-5-3-4-6-13(12)16-11-7-8-15(2)9-11/h3-6,10-11H,7-9,14H2,1-2H3. The van der Waals surface area contributed by atoms with Crippen molar-refractivity contribution in [2.75, 3.05) is 20.1 Å². The van der Waals surface area contributed by atoms with Crippen LogP contribution in [0.1, 0.15) is 24.9 Å². The maximum Gasteiger partial charge on any atom is 0.124 e. The molecule has 3 heteroatoms. The van der Waals surface area contributed by atoms with Gasteiger partial charge in [0, 0.05) is 24.7 Å². The molecule has 0 aliphatic carbocycles. The first-order valence-corrected chi connectivity index (χ1v) is 5.86. The molecule has 1 aliphatic heterocycles. The molecule has 1 aromatic rings. The van der Waals surface area contributed by atoms with Crippen LogP contribution >= 0.6 is 0 Å². The minimum absolute atomic E-state index is 0.0235. The fourth-order valence-corrected chi connectivity index (χ4v) is 2.13. The summed E-state index contributed by atoms with van der Waals surface area (Å²) >= 11 is 0. The normalized spacial score (nSPS) is 23.3. The van der Waals surface area contributed by atoms with Crippen molar-refractivity contribution in [1.82, 2.24) is 4.90 Å². The van der Waals surface area contributed by atoms with E-state index in [1.807, 2.05) is 31.2 Å². The molecule has 88 valence electrons. The number of likely N-dealkylation sites (N-methyl/N-ethyl adjacent to an activating group) is 1. The minimum atomic E-state index is 0.0235. The molecular formula is C13H20N2O. The third-order valence-corrected chi connectivity index (χ3v) is 3.05. The van der Waals surface area contributed by atoms with Crippen LogP contribution in [0.5, 0.6) is 5.75 Å². The van der Waals surface area contributed by atoms with E-state index in [0.717, 1.165) is 30.8 Å². The fraction of sp³-hybridized carbons (Fsp3) is 0.538. The van der Waals surface area contributed by atoms with Gasteiger partial charge in [0.2, 0.25) is 0 Å². The summed E-state index contributed by atoms with van der Waals surface area (Å²) in [6, 6.07) is 8.08. The zero-order chi connectivity index (χ0) is 11.5. The molecule has 1 heterocycles. The molecule has 2 atom stereocenters. The first-order valence-electron chi connectivity index (χ1n) is 5.86. The molecule has 1 aromatic carbocycles. The van der Waals surface area contributed by atoms with Crippen molar-refractivity contribution in [2.45, 2.75) is 25.5 Å². The summed E-state index contributed by atoms with van der Waals surface area (Å²) in [5, 5.41) is 0. The topological polar surface area (TPSA) is 38.5 Å². The molecule has 0 spiro atoms. The summed E-state index contributed by atoms with van der Waals surface area (Å²) in [5.74, 6) is 0.942. The van der Waals surface area contributed by atoms with Crippen molar-refractivity contribution in [1.29, 1.82) is 0 Å². The van der Waals surface area contributed by atoms with Crippen LogP contribution in [-0.4, -0.2) is 31.1 Å². The molecule has 1 aliphatic rings. The summed E-state index contributed by atoms with van der Waals surface area (Å²) in [6.07, 6.45) is 1.41. The molecule has 2 N–H and O–H groups in total. The van der Waals surface area contributed by atoms with Crippen molar-refractivity contribution in [3.8, 4) is 5.75 Å². The average molecular weight is 220 g/mol. The van der Waals surface area contributed by atoms with Crippen LogP contribution in [0.15, 0.2) is 24.3 Å². The van der Waals surface area contributed by atoms with E-state index in [4.69, 9.17) is 10.5 Å². The molecule has 2 unspecified atom stereocenters. The number of benzene rings is 1. The third-order valence-electron chi connectivity index (χ3n) is 3.05. The Kier molecular flexibility index (Phi) is 3.46. The van der Waals surface area contributed by atoms with E-state index in [1.54, 1.807) is 0 Å². The molecule has 16 heavy (non-hydrogen) atoms. The molecule has 2 rings (SSSR count). The monoisotopic (exact) mass is 220 g/mol. The molecule has 0 bridgehead atoms. The number of rotatable bonds is 3. The van der Waals surface area contributed by atoms with Gasteiger partial charge in [0.1, 0.15) is 11.9 Å². The zero-order valence-electron chi connectivity index (χ0n) is 10.0. The van der Waals surface area contributed by atoms with E-state index in [2.05, 4.69) is 11.9 Å². The van der Waals surface area contributed by atoms with Gasteiger partial charge in [-0.3, -0.25) is 0 Å². The Hall–Kier alpha value is -1.06. The molecule has 1 fully saturated rings. The quantitative estimate of drug-likeness (QED) is 0.844. The van der Waals surface area contributed by atoms with Gasteiger partial charge in [-0.1, -0.05) is 18.2 Å². The van der Waals surface area contributed by atoms with Crippen LogP contribution in [0.4, 0.5) is 0 Å². The summed E-state index contributed by atoms with van der Waals surface area (Å²) in [5.41, 5.74) is 7.02. The third kappa shape index (κ3) is 2.54. The number of nitrogens with two attached hydrogens (primary N) is 1. The van der Waals surface area contributed by atoms with E-state index in [9.17, 15) is 0 Å². The van der Waals surface area contributed by atoms with Gasteiger partial charge in [-0.15, -0.1) is 0 Å². The van der Waals surface area contributed by atoms with Crippen LogP contribution < -0.4 is 10.5 Å². The van der Waals surface area contributed by atoms with Gasteiger partial charge in [-0.25, -0.2) is 0 Å². The Labute approximate surface area is 97.2 Å². The zero-order valence-corrected chi connectivity index (χ0v) is 10.0. The number of para-hydroxylation sites is 1. The number of hydrogen-bond donors (Lipinski definition) is 1. The highest BCUT2D eigenvalue weighted by molar-refractivity contribution is 5.35. The average Bonchev–Trinajstić information content (AvgIpc) is 2.64. The van der Waals surface area contributed by atoms with E-state index in [0.29, 0.717) is 6.10 Å². The van der Waals surface area contributed by atoms with Gasteiger partial charge >= 0.3 is 0 Å². The van der Waals surface area contributed by atoms with Gasteiger partial charge in [-0.05, 0) is 26.5 Å². The van der Waals surface area contributed by atoms with E-state index in [1.165, 1.54) is 0 Å². The second-order valence-corrected chi connectivity index (χ2v) is 4.62. The van der Waals surface area contributed by atoms with Gasteiger partial charge < -0.3 is 15.4 Å². The summed E-state index contributed by atoms with van der Waals surface area (Å²) in [6.45, 7) is 4.11. The van der Waals surface area contributed by atoms with Crippen molar-refractivity contribution in [3.05, 3.63) is 29.8 Å². The highest BCUT2D eigenvalue weighted by Gasteiger charge is 2.22. The van der Waals surface area contributed by atoms with Crippen molar-refractivity contribution in [2.24, 2.45) is 5.73 Å². The first-order chi connectivity index (χ1) is 7.66. The Bertz CT molecular complexity index is 352. The van der Waals surface area contributed by atoms with Gasteiger partial charge in [0.25, 0.3) is 0 Å². The van der Waals surface area contributed by atoms with Crippen molar-refractivity contribution < 1.29 is 4.74 Å². The number of nitrogens with zero attached hydrogens (tertiary/aromatic N) is 1. The summed E-state index contributed by atoms with van der Waals surface area (Å²) in [7, 11) is 2.13. The highest BCUT2D eigenvalue weighted by atomic mass is 16.5. The second-order valence-electron chi connectivity index (χ2n) is 4.62.